The molecule has 1 aromatic carbocycles. The number of amides is 1. The molecule has 0 saturated carbocycles. The van der Waals surface area contributed by atoms with Gasteiger partial charge in [0.15, 0.2) is 0 Å². The summed E-state index contributed by atoms with van der Waals surface area (Å²) in [5.74, 6) is 0.0534. The Morgan fingerprint density at radius 2 is 2.00 bits per heavy atom. The van der Waals surface area contributed by atoms with E-state index in [0.717, 1.165) is 29.1 Å². The zero-order valence-corrected chi connectivity index (χ0v) is 14.3. The van der Waals surface area contributed by atoms with Gasteiger partial charge in [0.2, 0.25) is 0 Å². The van der Waals surface area contributed by atoms with Crippen molar-refractivity contribution >= 4 is 27.2 Å². The second-order valence-corrected chi connectivity index (χ2v) is 6.91. The van der Waals surface area contributed by atoms with E-state index < -0.39 is 0 Å². The van der Waals surface area contributed by atoms with Crippen molar-refractivity contribution in [3.05, 3.63) is 57.6 Å². The predicted molar refractivity (Wildman–Crippen MR) is 94.9 cm³/mol. The Kier molecular flexibility index (Phi) is 4.80. The Labute approximate surface area is 144 Å². The van der Waals surface area contributed by atoms with E-state index in [-0.39, 0.29) is 15.8 Å². The number of carbonyl (C=O) groups is 1. The van der Waals surface area contributed by atoms with Crippen molar-refractivity contribution in [1.29, 1.82) is 0 Å². The highest BCUT2D eigenvalue weighted by atomic mass is 32.1. The van der Waals surface area contributed by atoms with Gasteiger partial charge in [0.1, 0.15) is 0 Å². The van der Waals surface area contributed by atoms with Crippen LogP contribution < -0.4 is 4.90 Å². The summed E-state index contributed by atoms with van der Waals surface area (Å²) in [7, 11) is 0. The maximum absolute atomic E-state index is 12.7. The molecule has 0 spiro atoms. The summed E-state index contributed by atoms with van der Waals surface area (Å²) in [4.78, 5) is 27.1. The van der Waals surface area contributed by atoms with Crippen LogP contribution in [0.5, 0.6) is 0 Å². The summed E-state index contributed by atoms with van der Waals surface area (Å²) in [6.07, 6.45) is 0.850. The summed E-state index contributed by atoms with van der Waals surface area (Å²) in [6.45, 7) is 4.80. The van der Waals surface area contributed by atoms with Crippen LogP contribution in [0.2, 0.25) is 0 Å². The number of nitrogens with zero attached hydrogens (tertiary/aromatic N) is 3. The molecular formula is C17H19N3O3S. The lowest BCUT2D eigenvalue weighted by molar-refractivity contribution is -0.380. The predicted octanol–water partition coefficient (Wildman–Crippen LogP) is 3.32. The highest BCUT2D eigenvalue weighted by Crippen LogP contribution is 2.32. The third-order valence-corrected chi connectivity index (χ3v) is 5.22. The summed E-state index contributed by atoms with van der Waals surface area (Å²) in [5.41, 5.74) is 1.79. The third-order valence-electron chi connectivity index (χ3n) is 4.12. The second-order valence-electron chi connectivity index (χ2n) is 5.87. The molecule has 1 aliphatic heterocycles. The van der Waals surface area contributed by atoms with Crippen LogP contribution in [0.3, 0.4) is 0 Å². The van der Waals surface area contributed by atoms with Gasteiger partial charge in [0.05, 0.1) is 9.92 Å². The topological polar surface area (TPSA) is 66.7 Å². The van der Waals surface area contributed by atoms with Crippen LogP contribution in [-0.2, 0) is 0 Å². The van der Waals surface area contributed by atoms with Crippen molar-refractivity contribution in [2.45, 2.75) is 13.3 Å². The highest BCUT2D eigenvalue weighted by Gasteiger charge is 2.22. The molecule has 0 radical (unpaired) electrons. The largest absolute Gasteiger partial charge is 0.361 e. The van der Waals surface area contributed by atoms with Crippen LogP contribution >= 0.6 is 11.3 Å². The van der Waals surface area contributed by atoms with E-state index in [2.05, 4.69) is 4.90 Å². The molecule has 1 amide bonds. The molecule has 2 aromatic rings. The van der Waals surface area contributed by atoms with Crippen molar-refractivity contribution in [1.82, 2.24) is 4.90 Å². The van der Waals surface area contributed by atoms with Gasteiger partial charge in [0, 0.05) is 37.8 Å². The fraction of sp³-hybridized carbons (Fsp3) is 0.353. The third kappa shape index (κ3) is 3.56. The molecule has 1 saturated heterocycles. The van der Waals surface area contributed by atoms with Crippen molar-refractivity contribution in [3.8, 4) is 0 Å². The Balaban J connectivity index is 1.68. The second kappa shape index (κ2) is 7.00. The number of benzene rings is 1. The van der Waals surface area contributed by atoms with Gasteiger partial charge >= 0.3 is 5.00 Å². The first kappa shape index (κ1) is 16.4. The van der Waals surface area contributed by atoms with E-state index >= 15 is 0 Å². The van der Waals surface area contributed by atoms with E-state index in [4.69, 9.17) is 0 Å². The molecule has 1 fully saturated rings. The van der Waals surface area contributed by atoms with Gasteiger partial charge in [-0.25, -0.2) is 0 Å². The Morgan fingerprint density at radius 3 is 2.71 bits per heavy atom. The van der Waals surface area contributed by atoms with Gasteiger partial charge in [-0.05, 0) is 42.9 Å². The van der Waals surface area contributed by atoms with E-state index in [1.807, 2.05) is 36.1 Å². The monoisotopic (exact) mass is 345 g/mol. The Hall–Kier alpha value is -2.41. The van der Waals surface area contributed by atoms with Gasteiger partial charge < -0.3 is 9.80 Å². The Bertz CT molecular complexity index is 759. The Morgan fingerprint density at radius 1 is 1.17 bits per heavy atom. The lowest BCUT2D eigenvalue weighted by Crippen LogP contribution is -2.35. The minimum atomic E-state index is -0.362. The number of hydrogen-bond acceptors (Lipinski definition) is 5. The molecule has 0 aliphatic carbocycles. The summed E-state index contributed by atoms with van der Waals surface area (Å²) in [5, 5.41) is 11.9. The number of nitro groups is 1. The number of aryl methyl sites for hydroxylation is 1. The first-order chi connectivity index (χ1) is 11.5. The fourth-order valence-corrected chi connectivity index (χ4v) is 3.76. The minimum absolute atomic E-state index is 0.0534. The van der Waals surface area contributed by atoms with Crippen molar-refractivity contribution in [3.63, 3.8) is 0 Å². The lowest BCUT2D eigenvalue weighted by atomic mass is 10.1. The molecule has 0 bridgehead atoms. The smallest absolute Gasteiger partial charge is 0.326 e. The highest BCUT2D eigenvalue weighted by molar-refractivity contribution is 7.19. The van der Waals surface area contributed by atoms with Crippen molar-refractivity contribution < 1.29 is 9.72 Å². The number of carbonyl (C=O) groups excluding carboxylic acids is 1. The molecule has 0 N–H and O–H groups in total. The number of hydrogen-bond donors (Lipinski definition) is 0. The molecule has 6 nitrogen and oxygen atoms in total. The molecule has 0 atom stereocenters. The molecule has 7 heteroatoms. The maximum atomic E-state index is 12.7. The van der Waals surface area contributed by atoms with E-state index in [9.17, 15) is 14.9 Å². The normalized spacial score (nSPS) is 15.2. The standard InChI is InChI=1S/C17H19N3O3S/c1-13-4-2-5-14(12-13)17(21)19-9-3-8-18(10-11-19)15-6-7-16(24-15)20(22)23/h2,4-7,12H,3,8-11H2,1H3. The van der Waals surface area contributed by atoms with E-state index in [1.165, 1.54) is 11.3 Å². The van der Waals surface area contributed by atoms with Crippen molar-refractivity contribution in [2.24, 2.45) is 0 Å². The van der Waals surface area contributed by atoms with Gasteiger partial charge in [-0.3, -0.25) is 14.9 Å². The molecule has 0 unspecified atom stereocenters. The number of anilines is 1. The SMILES string of the molecule is Cc1cccc(C(=O)N2CCCN(c3ccc([N+](=O)[O-])s3)CC2)c1. The summed E-state index contributed by atoms with van der Waals surface area (Å²) in [6, 6.07) is 11.0. The summed E-state index contributed by atoms with van der Waals surface area (Å²) < 4.78 is 0. The molecule has 24 heavy (non-hydrogen) atoms. The maximum Gasteiger partial charge on any atom is 0.326 e. The minimum Gasteiger partial charge on any atom is -0.361 e. The molecule has 2 heterocycles. The van der Waals surface area contributed by atoms with E-state index in [0.29, 0.717) is 19.6 Å². The lowest BCUT2D eigenvalue weighted by Gasteiger charge is -2.22. The van der Waals surface area contributed by atoms with E-state index in [1.54, 1.807) is 12.1 Å². The summed E-state index contributed by atoms with van der Waals surface area (Å²) >= 11 is 1.19. The van der Waals surface area contributed by atoms with Gasteiger partial charge in [-0.2, -0.15) is 0 Å². The van der Waals surface area contributed by atoms with Crippen LogP contribution in [0.4, 0.5) is 10.0 Å². The molecule has 126 valence electrons. The van der Waals surface area contributed by atoms with Crippen LogP contribution in [-0.4, -0.2) is 41.9 Å². The average Bonchev–Trinajstić information content (AvgIpc) is 2.93. The van der Waals surface area contributed by atoms with Crippen LogP contribution in [0, 0.1) is 17.0 Å². The van der Waals surface area contributed by atoms with Gasteiger partial charge in [-0.1, -0.05) is 17.7 Å². The van der Waals surface area contributed by atoms with Crippen LogP contribution in [0.15, 0.2) is 36.4 Å². The van der Waals surface area contributed by atoms with Crippen LogP contribution in [0.25, 0.3) is 0 Å². The zero-order valence-electron chi connectivity index (χ0n) is 13.5. The molecule has 3 rings (SSSR count). The molecular weight excluding hydrogens is 326 g/mol. The first-order valence-electron chi connectivity index (χ1n) is 7.90. The number of thiophene rings is 1. The fourth-order valence-electron chi connectivity index (χ4n) is 2.89. The molecule has 1 aliphatic rings. The van der Waals surface area contributed by atoms with Gasteiger partial charge in [0.25, 0.3) is 5.91 Å². The zero-order chi connectivity index (χ0) is 17.1. The quantitative estimate of drug-likeness (QED) is 0.632. The van der Waals surface area contributed by atoms with Crippen molar-refractivity contribution in [2.75, 3.05) is 31.1 Å². The first-order valence-corrected chi connectivity index (χ1v) is 8.71. The number of rotatable bonds is 3. The van der Waals surface area contributed by atoms with Gasteiger partial charge in [-0.15, -0.1) is 0 Å². The molecule has 1 aromatic heterocycles. The van der Waals surface area contributed by atoms with Crippen LogP contribution in [0.1, 0.15) is 22.3 Å². The average molecular weight is 345 g/mol.